The van der Waals surface area contributed by atoms with Gasteiger partial charge < -0.3 is 10.4 Å². The van der Waals surface area contributed by atoms with E-state index >= 15 is 0 Å². The maximum Gasteiger partial charge on any atom is 0.141 e. The minimum Gasteiger partial charge on any atom is -0.505 e. The SMILES string of the molecule is CC.CC.CC.CNc1ccc(C)c(C)c1O. The van der Waals surface area contributed by atoms with Gasteiger partial charge in [0, 0.05) is 7.05 Å². The van der Waals surface area contributed by atoms with Crippen LogP contribution in [0.1, 0.15) is 52.7 Å². The number of aromatic hydroxyl groups is 1. The number of hydrogen-bond acceptors (Lipinski definition) is 2. The Bertz CT molecular complexity index is 270. The highest BCUT2D eigenvalue weighted by Gasteiger charge is 2.03. The van der Waals surface area contributed by atoms with Crippen molar-refractivity contribution in [2.24, 2.45) is 0 Å². The molecule has 0 spiro atoms. The molecule has 1 rings (SSSR count). The molecule has 0 radical (unpaired) electrons. The highest BCUT2D eigenvalue weighted by Crippen LogP contribution is 2.28. The Morgan fingerprint density at radius 3 is 1.65 bits per heavy atom. The zero-order valence-corrected chi connectivity index (χ0v) is 13.1. The summed E-state index contributed by atoms with van der Waals surface area (Å²) < 4.78 is 0. The van der Waals surface area contributed by atoms with Gasteiger partial charge in [-0.2, -0.15) is 0 Å². The first-order valence-electron chi connectivity index (χ1n) is 6.63. The molecule has 2 N–H and O–H groups in total. The molecule has 0 unspecified atom stereocenters. The first-order valence-corrected chi connectivity index (χ1v) is 6.63. The van der Waals surface area contributed by atoms with Crippen molar-refractivity contribution in [1.29, 1.82) is 0 Å². The van der Waals surface area contributed by atoms with Gasteiger partial charge in [0.1, 0.15) is 5.75 Å². The molecule has 0 bridgehead atoms. The van der Waals surface area contributed by atoms with Crippen LogP contribution in [-0.2, 0) is 0 Å². The van der Waals surface area contributed by atoms with Crippen molar-refractivity contribution >= 4 is 5.69 Å². The average molecular weight is 241 g/mol. The second kappa shape index (κ2) is 14.8. The van der Waals surface area contributed by atoms with Crippen LogP contribution in [0, 0.1) is 13.8 Å². The largest absolute Gasteiger partial charge is 0.505 e. The highest BCUT2D eigenvalue weighted by molar-refractivity contribution is 5.60. The standard InChI is InChI=1S/C9H13NO.3C2H6/c1-6-4-5-8(10-3)9(11)7(6)2;3*1-2/h4-5,10-11H,1-3H3;3*1-2H3. The van der Waals surface area contributed by atoms with Crippen LogP contribution in [0.5, 0.6) is 5.75 Å². The Morgan fingerprint density at radius 2 is 1.29 bits per heavy atom. The molecule has 2 nitrogen and oxygen atoms in total. The van der Waals surface area contributed by atoms with Crippen molar-refractivity contribution in [3.05, 3.63) is 23.3 Å². The lowest BCUT2D eigenvalue weighted by atomic mass is 10.1. The van der Waals surface area contributed by atoms with Crippen molar-refractivity contribution < 1.29 is 5.11 Å². The van der Waals surface area contributed by atoms with Gasteiger partial charge in [-0.05, 0) is 31.0 Å². The Morgan fingerprint density at radius 1 is 0.882 bits per heavy atom. The van der Waals surface area contributed by atoms with E-state index in [1.54, 1.807) is 7.05 Å². The van der Waals surface area contributed by atoms with Gasteiger partial charge in [-0.25, -0.2) is 0 Å². The Balaban J connectivity index is -0.000000285. The molecule has 1 aromatic rings. The zero-order chi connectivity index (χ0) is 14.4. The molecule has 0 aliphatic carbocycles. The number of nitrogens with one attached hydrogen (secondary N) is 1. The summed E-state index contributed by atoms with van der Waals surface area (Å²) in [6.07, 6.45) is 0. The molecule has 0 aliphatic rings. The van der Waals surface area contributed by atoms with Gasteiger partial charge in [0.2, 0.25) is 0 Å². The molecule has 0 saturated carbocycles. The van der Waals surface area contributed by atoms with Gasteiger partial charge in [0.15, 0.2) is 0 Å². The normalized spacial score (nSPS) is 7.35. The first-order chi connectivity index (χ1) is 8.16. The van der Waals surface area contributed by atoms with Gasteiger partial charge in [-0.15, -0.1) is 0 Å². The fourth-order valence-corrected chi connectivity index (χ4v) is 1.00. The highest BCUT2D eigenvalue weighted by atomic mass is 16.3. The third-order valence-electron chi connectivity index (χ3n) is 1.97. The van der Waals surface area contributed by atoms with Crippen molar-refractivity contribution in [3.8, 4) is 5.75 Å². The van der Waals surface area contributed by atoms with Crippen molar-refractivity contribution in [3.63, 3.8) is 0 Å². The number of hydrogen-bond donors (Lipinski definition) is 2. The molecular weight excluding hydrogens is 210 g/mol. The van der Waals surface area contributed by atoms with E-state index in [1.807, 2.05) is 67.5 Å². The monoisotopic (exact) mass is 241 g/mol. The summed E-state index contributed by atoms with van der Waals surface area (Å²) in [4.78, 5) is 0. The van der Waals surface area contributed by atoms with E-state index in [9.17, 15) is 5.11 Å². The predicted molar refractivity (Wildman–Crippen MR) is 81.2 cm³/mol. The van der Waals surface area contributed by atoms with Crippen LogP contribution in [-0.4, -0.2) is 12.2 Å². The fraction of sp³-hybridized carbons (Fsp3) is 0.600. The second-order valence-corrected chi connectivity index (χ2v) is 2.65. The number of phenols is 1. The Labute approximate surface area is 108 Å². The quantitative estimate of drug-likeness (QED) is 0.668. The summed E-state index contributed by atoms with van der Waals surface area (Å²) in [5, 5.41) is 12.4. The van der Waals surface area contributed by atoms with E-state index in [0.717, 1.165) is 16.8 Å². The number of anilines is 1. The number of benzene rings is 1. The predicted octanol–water partition coefficient (Wildman–Crippen LogP) is 5.13. The van der Waals surface area contributed by atoms with Gasteiger partial charge in [-0.3, -0.25) is 0 Å². The van der Waals surface area contributed by atoms with E-state index in [-0.39, 0.29) is 0 Å². The van der Waals surface area contributed by atoms with Crippen LogP contribution in [0.3, 0.4) is 0 Å². The van der Waals surface area contributed by atoms with Crippen LogP contribution in [0.25, 0.3) is 0 Å². The van der Waals surface area contributed by atoms with Crippen molar-refractivity contribution in [2.75, 3.05) is 12.4 Å². The first kappa shape index (κ1) is 21.1. The van der Waals surface area contributed by atoms with Gasteiger partial charge in [0.05, 0.1) is 5.69 Å². The minimum atomic E-state index is 0.354. The van der Waals surface area contributed by atoms with E-state index in [1.165, 1.54) is 0 Å². The fourth-order valence-electron chi connectivity index (χ4n) is 1.00. The molecule has 0 amide bonds. The van der Waals surface area contributed by atoms with Crippen LogP contribution < -0.4 is 5.32 Å². The molecule has 0 aliphatic heterocycles. The number of aryl methyl sites for hydroxylation is 1. The summed E-state index contributed by atoms with van der Waals surface area (Å²) in [6, 6.07) is 3.86. The van der Waals surface area contributed by atoms with Crippen LogP contribution >= 0.6 is 0 Å². The van der Waals surface area contributed by atoms with Crippen LogP contribution in [0.4, 0.5) is 5.69 Å². The van der Waals surface area contributed by atoms with Crippen molar-refractivity contribution in [1.82, 2.24) is 0 Å². The smallest absolute Gasteiger partial charge is 0.141 e. The summed E-state index contributed by atoms with van der Waals surface area (Å²) in [5.74, 6) is 0.354. The maximum atomic E-state index is 9.52. The lowest BCUT2D eigenvalue weighted by molar-refractivity contribution is 0.473. The van der Waals surface area contributed by atoms with Gasteiger partial charge in [0.25, 0.3) is 0 Å². The minimum absolute atomic E-state index is 0.354. The van der Waals surface area contributed by atoms with E-state index < -0.39 is 0 Å². The lowest BCUT2D eigenvalue weighted by Crippen LogP contribution is -1.91. The third-order valence-corrected chi connectivity index (χ3v) is 1.97. The zero-order valence-electron chi connectivity index (χ0n) is 13.1. The summed E-state index contributed by atoms with van der Waals surface area (Å²) in [6.45, 7) is 15.9. The average Bonchev–Trinajstić information content (AvgIpc) is 2.43. The molecular formula is C15H31NO. The summed E-state index contributed by atoms with van der Waals surface area (Å²) in [7, 11) is 1.80. The molecule has 102 valence electrons. The molecule has 17 heavy (non-hydrogen) atoms. The molecule has 0 fully saturated rings. The topological polar surface area (TPSA) is 32.3 Å². The number of rotatable bonds is 1. The lowest BCUT2D eigenvalue weighted by Gasteiger charge is -2.07. The van der Waals surface area contributed by atoms with Crippen LogP contribution in [0.15, 0.2) is 12.1 Å². The van der Waals surface area contributed by atoms with Crippen molar-refractivity contribution in [2.45, 2.75) is 55.4 Å². The molecule has 2 heteroatoms. The van der Waals surface area contributed by atoms with Gasteiger partial charge in [-0.1, -0.05) is 47.6 Å². The third kappa shape index (κ3) is 7.67. The number of phenolic OH excluding ortho intramolecular Hbond substituents is 1. The van der Waals surface area contributed by atoms with E-state index in [4.69, 9.17) is 0 Å². The molecule has 0 atom stereocenters. The van der Waals surface area contributed by atoms with Crippen LogP contribution in [0.2, 0.25) is 0 Å². The molecule has 0 aromatic heterocycles. The molecule has 1 aromatic carbocycles. The van der Waals surface area contributed by atoms with E-state index in [2.05, 4.69) is 5.32 Å². The molecule has 0 heterocycles. The Hall–Kier alpha value is -1.18. The van der Waals surface area contributed by atoms with E-state index in [0.29, 0.717) is 5.75 Å². The summed E-state index contributed by atoms with van der Waals surface area (Å²) in [5.41, 5.74) is 2.84. The Kier molecular flexibility index (Phi) is 18.4. The molecule has 0 saturated heterocycles. The van der Waals surface area contributed by atoms with Gasteiger partial charge >= 0.3 is 0 Å². The second-order valence-electron chi connectivity index (χ2n) is 2.65. The maximum absolute atomic E-state index is 9.52. The summed E-state index contributed by atoms with van der Waals surface area (Å²) >= 11 is 0.